The van der Waals surface area contributed by atoms with Gasteiger partial charge in [0.1, 0.15) is 5.97 Å². The molecule has 0 aliphatic heterocycles. The van der Waals surface area contributed by atoms with Gasteiger partial charge in [-0.05, 0) is 53.1 Å². The molecule has 0 spiro atoms. The molecule has 0 fully saturated rings. The van der Waals surface area contributed by atoms with Crippen LogP contribution in [0, 0.1) is 16.4 Å². The Hall–Kier alpha value is -1.25. The van der Waals surface area contributed by atoms with Gasteiger partial charge in [-0.25, -0.2) is 4.79 Å². The second-order valence-electron chi connectivity index (χ2n) is 4.94. The van der Waals surface area contributed by atoms with Gasteiger partial charge in [-0.3, -0.25) is 0 Å². The van der Waals surface area contributed by atoms with Crippen LogP contribution in [0.5, 0.6) is 0 Å². The number of carboxylic acids is 1. The smallest absolute Gasteiger partial charge is 0.338 e. The van der Waals surface area contributed by atoms with Gasteiger partial charge in [0.15, 0.2) is 6.10 Å². The third-order valence-corrected chi connectivity index (χ3v) is 4.04. The van der Waals surface area contributed by atoms with Crippen LogP contribution in [-0.2, 0) is 9.53 Å². The molecule has 1 unspecified atom stereocenters. The van der Waals surface area contributed by atoms with Crippen molar-refractivity contribution in [3.05, 3.63) is 32.9 Å². The average molecular weight is 411 g/mol. The van der Waals surface area contributed by atoms with Crippen LogP contribution in [0.15, 0.2) is 18.2 Å². The third kappa shape index (κ3) is 4.12. The normalized spacial score (nSPS) is 13.1. The maximum atomic E-state index is 13.5. The predicted octanol–water partition coefficient (Wildman–Crippen LogP) is 2.17. The van der Waals surface area contributed by atoms with Gasteiger partial charge in [0.25, 0.3) is 0 Å². The molecule has 21 heavy (non-hydrogen) atoms. The zero-order chi connectivity index (χ0) is 16.4. The highest BCUT2D eigenvalue weighted by molar-refractivity contribution is 14.1. The van der Waals surface area contributed by atoms with Crippen molar-refractivity contribution >= 4 is 34.5 Å². The number of aryl methyl sites for hydroxylation is 1. The van der Waals surface area contributed by atoms with Gasteiger partial charge in [-0.15, -0.1) is 0 Å². The van der Waals surface area contributed by atoms with Crippen molar-refractivity contribution in [3.63, 3.8) is 0 Å². The van der Waals surface area contributed by atoms with E-state index in [1.807, 2.05) is 29.5 Å². The molecule has 1 aromatic rings. The van der Waals surface area contributed by atoms with E-state index in [0.717, 1.165) is 9.13 Å². The molecular formula is C14H14F2IO4-. The number of carboxylic acid groups (broad SMARTS) is 1. The minimum Gasteiger partial charge on any atom is -0.544 e. The highest BCUT2D eigenvalue weighted by Gasteiger charge is 2.46. The van der Waals surface area contributed by atoms with Crippen molar-refractivity contribution in [3.8, 4) is 0 Å². The van der Waals surface area contributed by atoms with Crippen molar-refractivity contribution in [2.24, 2.45) is 5.92 Å². The molecule has 0 aromatic heterocycles. The number of alkyl halides is 2. The summed E-state index contributed by atoms with van der Waals surface area (Å²) in [5, 5.41) is 10.5. The molecule has 0 saturated carbocycles. The van der Waals surface area contributed by atoms with E-state index in [4.69, 9.17) is 4.74 Å². The number of benzene rings is 1. The number of hydrogen-bond donors (Lipinski definition) is 0. The number of hydrogen-bond acceptors (Lipinski definition) is 4. The highest BCUT2D eigenvalue weighted by atomic mass is 127. The van der Waals surface area contributed by atoms with Crippen molar-refractivity contribution in [1.82, 2.24) is 0 Å². The van der Waals surface area contributed by atoms with Crippen molar-refractivity contribution in [2.75, 3.05) is 0 Å². The van der Waals surface area contributed by atoms with Gasteiger partial charge in [-0.1, -0.05) is 19.9 Å². The number of carbonyl (C=O) groups is 2. The summed E-state index contributed by atoms with van der Waals surface area (Å²) in [7, 11) is 0. The number of rotatable bonds is 5. The molecule has 0 radical (unpaired) electrons. The van der Waals surface area contributed by atoms with Gasteiger partial charge in [0.2, 0.25) is 0 Å². The molecule has 0 amide bonds. The Balaban J connectivity index is 3.02. The van der Waals surface area contributed by atoms with Crippen LogP contribution < -0.4 is 5.11 Å². The molecule has 1 rings (SSSR count). The zero-order valence-electron chi connectivity index (χ0n) is 11.7. The minimum absolute atomic E-state index is 0.0878. The summed E-state index contributed by atoms with van der Waals surface area (Å²) in [5.41, 5.74) is 1.01. The lowest BCUT2D eigenvalue weighted by atomic mass is 10.0. The van der Waals surface area contributed by atoms with Crippen LogP contribution in [0.4, 0.5) is 8.78 Å². The van der Waals surface area contributed by atoms with Crippen molar-refractivity contribution in [2.45, 2.75) is 32.8 Å². The fourth-order valence-corrected chi connectivity index (χ4v) is 2.16. The number of esters is 1. The number of halogens is 3. The first-order valence-corrected chi connectivity index (χ1v) is 7.21. The second kappa shape index (κ2) is 6.67. The summed E-state index contributed by atoms with van der Waals surface area (Å²) < 4.78 is 32.6. The fraction of sp³-hybridized carbons (Fsp3) is 0.429. The van der Waals surface area contributed by atoms with E-state index in [2.05, 4.69) is 0 Å². The van der Waals surface area contributed by atoms with Gasteiger partial charge in [0.05, 0.1) is 5.56 Å². The van der Waals surface area contributed by atoms with Crippen LogP contribution in [0.2, 0.25) is 0 Å². The van der Waals surface area contributed by atoms with Gasteiger partial charge in [0, 0.05) is 3.57 Å². The van der Waals surface area contributed by atoms with E-state index < -0.39 is 29.9 Å². The van der Waals surface area contributed by atoms with Gasteiger partial charge >= 0.3 is 11.9 Å². The molecule has 0 bridgehead atoms. The Morgan fingerprint density at radius 3 is 2.33 bits per heavy atom. The average Bonchev–Trinajstić information content (AvgIpc) is 2.38. The highest BCUT2D eigenvalue weighted by Crippen LogP contribution is 2.28. The van der Waals surface area contributed by atoms with E-state index in [1.54, 1.807) is 6.07 Å². The Morgan fingerprint density at radius 1 is 1.33 bits per heavy atom. The quantitative estimate of drug-likeness (QED) is 0.551. The van der Waals surface area contributed by atoms with Gasteiger partial charge < -0.3 is 14.6 Å². The van der Waals surface area contributed by atoms with Crippen LogP contribution in [0.3, 0.4) is 0 Å². The fourth-order valence-electron chi connectivity index (χ4n) is 1.65. The zero-order valence-corrected chi connectivity index (χ0v) is 13.8. The summed E-state index contributed by atoms with van der Waals surface area (Å²) in [6.07, 6.45) is -2.09. The molecule has 0 N–H and O–H groups in total. The van der Waals surface area contributed by atoms with Gasteiger partial charge in [-0.2, -0.15) is 8.78 Å². The van der Waals surface area contributed by atoms with Crippen LogP contribution in [-0.4, -0.2) is 24.0 Å². The molecule has 116 valence electrons. The number of aliphatic carboxylic acids is 1. The molecule has 1 atom stereocenters. The summed E-state index contributed by atoms with van der Waals surface area (Å²) in [4.78, 5) is 22.5. The SMILES string of the molecule is Cc1ccc(C(=O)OC(C(C)C)C(F)(F)C(=O)[O-])cc1I. The topological polar surface area (TPSA) is 66.4 Å². The summed E-state index contributed by atoms with van der Waals surface area (Å²) in [5.74, 6) is -8.69. The Kier molecular flexibility index (Phi) is 5.66. The minimum atomic E-state index is -4.25. The maximum Gasteiger partial charge on any atom is 0.338 e. The molecule has 7 heteroatoms. The molecule has 0 aliphatic rings. The summed E-state index contributed by atoms with van der Waals surface area (Å²) in [6.45, 7) is 4.51. The molecular weight excluding hydrogens is 397 g/mol. The van der Waals surface area contributed by atoms with Crippen molar-refractivity contribution in [1.29, 1.82) is 0 Å². The van der Waals surface area contributed by atoms with Crippen LogP contribution >= 0.6 is 22.6 Å². The lowest BCUT2D eigenvalue weighted by Crippen LogP contribution is -2.53. The first kappa shape index (κ1) is 17.8. The standard InChI is InChI=1S/C14H15F2IO4/c1-7(2)11(14(15,16)13(19)20)21-12(18)9-5-4-8(3)10(17)6-9/h4-7,11H,1-3H3,(H,19,20)/p-1. The van der Waals surface area contributed by atoms with E-state index in [0.29, 0.717) is 0 Å². The lowest BCUT2D eigenvalue weighted by Gasteiger charge is -2.30. The first-order chi connectivity index (χ1) is 9.57. The predicted molar refractivity (Wildman–Crippen MR) is 77.9 cm³/mol. The summed E-state index contributed by atoms with van der Waals surface area (Å²) >= 11 is 2.00. The molecule has 0 heterocycles. The summed E-state index contributed by atoms with van der Waals surface area (Å²) in [6, 6.07) is 4.58. The maximum absolute atomic E-state index is 13.5. The largest absolute Gasteiger partial charge is 0.544 e. The van der Waals surface area contributed by atoms with Crippen LogP contribution in [0.25, 0.3) is 0 Å². The second-order valence-corrected chi connectivity index (χ2v) is 6.11. The monoisotopic (exact) mass is 411 g/mol. The molecule has 4 nitrogen and oxygen atoms in total. The molecule has 0 saturated heterocycles. The Labute approximate surface area is 134 Å². The van der Waals surface area contributed by atoms with Crippen LogP contribution in [0.1, 0.15) is 29.8 Å². The van der Waals surface area contributed by atoms with Crippen molar-refractivity contribution < 1.29 is 28.2 Å². The van der Waals surface area contributed by atoms with E-state index in [1.165, 1.54) is 26.0 Å². The third-order valence-electron chi connectivity index (χ3n) is 2.88. The lowest BCUT2D eigenvalue weighted by molar-refractivity contribution is -0.337. The number of carbonyl (C=O) groups excluding carboxylic acids is 2. The number of ether oxygens (including phenoxy) is 1. The molecule has 0 aliphatic carbocycles. The van der Waals surface area contributed by atoms with E-state index in [9.17, 15) is 23.5 Å². The Morgan fingerprint density at radius 2 is 1.90 bits per heavy atom. The van der Waals surface area contributed by atoms with E-state index >= 15 is 0 Å². The Bertz CT molecular complexity index is 558. The van der Waals surface area contributed by atoms with E-state index in [-0.39, 0.29) is 5.56 Å². The molecule has 1 aromatic carbocycles. The first-order valence-electron chi connectivity index (χ1n) is 6.13.